The molecular formula is C11H15F3N4O. The van der Waals surface area contributed by atoms with Crippen LogP contribution in [0.4, 0.5) is 24.8 Å². The van der Waals surface area contributed by atoms with Crippen molar-refractivity contribution in [2.45, 2.75) is 31.5 Å². The number of nitrogen functional groups attached to an aromatic ring is 1. The third kappa shape index (κ3) is 3.46. The Morgan fingerprint density at radius 1 is 1.37 bits per heavy atom. The highest BCUT2D eigenvalue weighted by atomic mass is 19.4. The van der Waals surface area contributed by atoms with E-state index in [-0.39, 0.29) is 17.6 Å². The lowest BCUT2D eigenvalue weighted by atomic mass is 10.1. The molecule has 0 saturated heterocycles. The standard InChI is InChI=1S/C11H15F3N4O/c12-11(13,14)10-17-8(15)4-9(18-10)16-5-6-2-1-3-7(6)19/h4,6-7,19H,1-3,5H2,(H3,15,16,17,18). The lowest BCUT2D eigenvalue weighted by Crippen LogP contribution is -2.23. The summed E-state index contributed by atoms with van der Waals surface area (Å²) in [7, 11) is 0. The number of anilines is 2. The van der Waals surface area contributed by atoms with Crippen molar-refractivity contribution in [3.63, 3.8) is 0 Å². The monoisotopic (exact) mass is 276 g/mol. The van der Waals surface area contributed by atoms with Gasteiger partial charge in [0.25, 0.3) is 0 Å². The number of aliphatic hydroxyl groups excluding tert-OH is 1. The van der Waals surface area contributed by atoms with Crippen LogP contribution in [0.25, 0.3) is 0 Å². The van der Waals surface area contributed by atoms with Crippen molar-refractivity contribution in [3.05, 3.63) is 11.9 Å². The Bertz CT molecular complexity index is 452. The molecule has 0 bridgehead atoms. The maximum absolute atomic E-state index is 12.5. The van der Waals surface area contributed by atoms with E-state index >= 15 is 0 Å². The highest BCUT2D eigenvalue weighted by molar-refractivity contribution is 5.45. The molecule has 0 spiro atoms. The second kappa shape index (κ2) is 5.20. The number of alkyl halides is 3. The number of halogens is 3. The molecule has 106 valence electrons. The molecule has 0 amide bonds. The molecule has 4 N–H and O–H groups in total. The molecule has 1 aliphatic carbocycles. The molecule has 1 aromatic heterocycles. The average molecular weight is 276 g/mol. The topological polar surface area (TPSA) is 84.1 Å². The molecule has 2 atom stereocenters. The van der Waals surface area contributed by atoms with Crippen LogP contribution in [0.2, 0.25) is 0 Å². The summed E-state index contributed by atoms with van der Waals surface area (Å²) in [5.41, 5.74) is 5.33. The second-order valence-corrected chi connectivity index (χ2v) is 4.64. The van der Waals surface area contributed by atoms with Gasteiger partial charge in [-0.25, -0.2) is 9.97 Å². The normalized spacial score (nSPS) is 23.6. The van der Waals surface area contributed by atoms with Gasteiger partial charge in [0.2, 0.25) is 5.82 Å². The third-order valence-corrected chi connectivity index (χ3v) is 3.16. The molecular weight excluding hydrogens is 261 g/mol. The van der Waals surface area contributed by atoms with E-state index in [0.29, 0.717) is 6.54 Å². The minimum absolute atomic E-state index is 0.0268. The van der Waals surface area contributed by atoms with E-state index in [1.165, 1.54) is 6.07 Å². The Hall–Kier alpha value is -1.57. The number of rotatable bonds is 3. The predicted molar refractivity (Wildman–Crippen MR) is 63.3 cm³/mol. The Kier molecular flexibility index (Phi) is 3.79. The van der Waals surface area contributed by atoms with Crippen LogP contribution in [0.1, 0.15) is 25.1 Å². The number of nitrogens with zero attached hydrogens (tertiary/aromatic N) is 2. The van der Waals surface area contributed by atoms with Crippen LogP contribution in [0.5, 0.6) is 0 Å². The zero-order valence-electron chi connectivity index (χ0n) is 10.1. The first-order chi connectivity index (χ1) is 8.86. The highest BCUT2D eigenvalue weighted by Gasteiger charge is 2.35. The molecule has 0 radical (unpaired) electrons. The van der Waals surface area contributed by atoms with Gasteiger partial charge in [0.05, 0.1) is 6.10 Å². The van der Waals surface area contributed by atoms with Crippen molar-refractivity contribution < 1.29 is 18.3 Å². The molecule has 0 aliphatic heterocycles. The van der Waals surface area contributed by atoms with Crippen molar-refractivity contribution in [1.29, 1.82) is 0 Å². The van der Waals surface area contributed by atoms with Crippen LogP contribution in [-0.2, 0) is 6.18 Å². The van der Waals surface area contributed by atoms with Crippen LogP contribution < -0.4 is 11.1 Å². The summed E-state index contributed by atoms with van der Waals surface area (Å²) in [4.78, 5) is 6.53. The molecule has 5 nitrogen and oxygen atoms in total. The highest BCUT2D eigenvalue weighted by Crippen LogP contribution is 2.29. The van der Waals surface area contributed by atoms with Crippen LogP contribution in [-0.4, -0.2) is 27.7 Å². The number of nitrogens with one attached hydrogen (secondary N) is 1. The van der Waals surface area contributed by atoms with E-state index in [4.69, 9.17) is 5.73 Å². The maximum atomic E-state index is 12.5. The van der Waals surface area contributed by atoms with E-state index in [0.717, 1.165) is 19.3 Å². The summed E-state index contributed by atoms with van der Waals surface area (Å²) >= 11 is 0. The van der Waals surface area contributed by atoms with Gasteiger partial charge in [0.15, 0.2) is 0 Å². The Balaban J connectivity index is 2.06. The molecule has 1 fully saturated rings. The van der Waals surface area contributed by atoms with Crippen LogP contribution in [0, 0.1) is 5.92 Å². The first-order valence-electron chi connectivity index (χ1n) is 6.00. The van der Waals surface area contributed by atoms with E-state index in [2.05, 4.69) is 15.3 Å². The lowest BCUT2D eigenvalue weighted by Gasteiger charge is -2.16. The minimum Gasteiger partial charge on any atom is -0.393 e. The van der Waals surface area contributed by atoms with Crippen LogP contribution in [0.15, 0.2) is 6.07 Å². The fraction of sp³-hybridized carbons (Fsp3) is 0.636. The number of hydrogen-bond donors (Lipinski definition) is 3. The zero-order valence-corrected chi connectivity index (χ0v) is 10.1. The molecule has 1 aromatic rings. The van der Waals surface area contributed by atoms with Crippen LogP contribution >= 0.6 is 0 Å². The molecule has 0 aromatic carbocycles. The van der Waals surface area contributed by atoms with Gasteiger partial charge in [0.1, 0.15) is 11.6 Å². The summed E-state index contributed by atoms with van der Waals surface area (Å²) < 4.78 is 37.5. The van der Waals surface area contributed by atoms with Crippen molar-refractivity contribution in [1.82, 2.24) is 9.97 Å². The fourth-order valence-electron chi connectivity index (χ4n) is 2.17. The van der Waals surface area contributed by atoms with Crippen molar-refractivity contribution in [2.24, 2.45) is 5.92 Å². The summed E-state index contributed by atoms with van der Waals surface area (Å²) in [6.07, 6.45) is -2.53. The van der Waals surface area contributed by atoms with Gasteiger partial charge in [-0.1, -0.05) is 6.42 Å². The molecule has 2 unspecified atom stereocenters. The van der Waals surface area contributed by atoms with Gasteiger partial charge in [0, 0.05) is 18.5 Å². The Labute approximate surface area is 108 Å². The SMILES string of the molecule is Nc1cc(NCC2CCCC2O)nc(C(F)(F)F)n1. The van der Waals surface area contributed by atoms with E-state index in [1.54, 1.807) is 0 Å². The summed E-state index contributed by atoms with van der Waals surface area (Å²) in [6, 6.07) is 1.25. The Morgan fingerprint density at radius 3 is 2.68 bits per heavy atom. The maximum Gasteiger partial charge on any atom is 0.451 e. The number of aliphatic hydroxyl groups is 1. The van der Waals surface area contributed by atoms with Gasteiger partial charge in [-0.3, -0.25) is 0 Å². The van der Waals surface area contributed by atoms with Gasteiger partial charge in [-0.05, 0) is 12.8 Å². The van der Waals surface area contributed by atoms with Gasteiger partial charge in [-0.2, -0.15) is 13.2 Å². The van der Waals surface area contributed by atoms with Gasteiger partial charge in [-0.15, -0.1) is 0 Å². The fourth-order valence-corrected chi connectivity index (χ4v) is 2.17. The summed E-state index contributed by atoms with van der Waals surface area (Å²) in [5.74, 6) is -1.44. The first-order valence-corrected chi connectivity index (χ1v) is 6.00. The Morgan fingerprint density at radius 2 is 2.11 bits per heavy atom. The lowest BCUT2D eigenvalue weighted by molar-refractivity contribution is -0.144. The molecule has 19 heavy (non-hydrogen) atoms. The van der Waals surface area contributed by atoms with Gasteiger partial charge < -0.3 is 16.2 Å². The summed E-state index contributed by atoms with van der Waals surface area (Å²) in [5, 5.41) is 12.4. The zero-order chi connectivity index (χ0) is 14.0. The van der Waals surface area contributed by atoms with E-state index in [1.807, 2.05) is 0 Å². The quantitative estimate of drug-likeness (QED) is 0.781. The molecule has 1 aliphatic rings. The summed E-state index contributed by atoms with van der Waals surface area (Å²) in [6.45, 7) is 0.370. The molecule has 1 saturated carbocycles. The van der Waals surface area contributed by atoms with E-state index in [9.17, 15) is 18.3 Å². The number of nitrogens with two attached hydrogens (primary N) is 1. The largest absolute Gasteiger partial charge is 0.451 e. The number of aromatic nitrogens is 2. The number of hydrogen-bond acceptors (Lipinski definition) is 5. The smallest absolute Gasteiger partial charge is 0.393 e. The van der Waals surface area contributed by atoms with E-state index < -0.39 is 18.1 Å². The van der Waals surface area contributed by atoms with Crippen LogP contribution in [0.3, 0.4) is 0 Å². The second-order valence-electron chi connectivity index (χ2n) is 4.64. The third-order valence-electron chi connectivity index (χ3n) is 3.16. The minimum atomic E-state index is -4.63. The molecule has 8 heteroatoms. The molecule has 2 rings (SSSR count). The molecule has 1 heterocycles. The van der Waals surface area contributed by atoms with Crippen molar-refractivity contribution in [3.8, 4) is 0 Å². The average Bonchev–Trinajstić information content (AvgIpc) is 2.70. The predicted octanol–water partition coefficient (Wildman–Crippen LogP) is 1.65. The van der Waals surface area contributed by atoms with Gasteiger partial charge >= 0.3 is 6.18 Å². The van der Waals surface area contributed by atoms with Crippen molar-refractivity contribution in [2.75, 3.05) is 17.6 Å². The first kappa shape index (κ1) is 13.9. The van der Waals surface area contributed by atoms with Crippen molar-refractivity contribution >= 4 is 11.6 Å².